The van der Waals surface area contributed by atoms with Crippen LogP contribution in [0.2, 0.25) is 0 Å². The number of para-hydroxylation sites is 1. The van der Waals surface area contributed by atoms with Crippen LogP contribution in [-0.2, 0) is 11.3 Å². The average Bonchev–Trinajstić information content (AvgIpc) is 3.19. The molecule has 0 unspecified atom stereocenters. The summed E-state index contributed by atoms with van der Waals surface area (Å²) in [4.78, 5) is 28.3. The Morgan fingerprint density at radius 1 is 1.14 bits per heavy atom. The molecule has 28 heavy (non-hydrogen) atoms. The van der Waals surface area contributed by atoms with Crippen molar-refractivity contribution in [2.24, 2.45) is 0 Å². The van der Waals surface area contributed by atoms with Gasteiger partial charge in [-0.2, -0.15) is 0 Å². The Labute approximate surface area is 176 Å². The van der Waals surface area contributed by atoms with Crippen molar-refractivity contribution in [2.45, 2.75) is 26.8 Å². The monoisotopic (exact) mass is 429 g/mol. The molecule has 2 aliphatic rings. The Hall–Kier alpha value is -2.16. The van der Waals surface area contributed by atoms with Gasteiger partial charge in [0.25, 0.3) is 11.5 Å². The van der Waals surface area contributed by atoms with Gasteiger partial charge in [-0.25, -0.2) is 0 Å². The number of thioether (sulfide) groups is 1. The first kappa shape index (κ1) is 19.2. The predicted octanol–water partition coefficient (Wildman–Crippen LogP) is 2.24. The summed E-state index contributed by atoms with van der Waals surface area (Å²) in [6.45, 7) is 5.40. The third kappa shape index (κ3) is 3.15. The van der Waals surface area contributed by atoms with Crippen molar-refractivity contribution in [3.63, 3.8) is 0 Å². The normalized spacial score (nSPS) is 19.9. The van der Waals surface area contributed by atoms with Crippen LogP contribution in [0.1, 0.15) is 25.8 Å². The Morgan fingerprint density at radius 3 is 2.61 bits per heavy atom. The molecule has 5 nitrogen and oxygen atoms in total. The fraction of sp³-hybridized carbons (Fsp3) is 0.250. The molecule has 144 valence electrons. The molecule has 0 atom stereocenters. The second-order valence-electron chi connectivity index (χ2n) is 6.39. The lowest BCUT2D eigenvalue weighted by molar-refractivity contribution is -0.113. The molecule has 1 saturated heterocycles. The zero-order valence-electron chi connectivity index (χ0n) is 15.5. The second-order valence-corrected chi connectivity index (χ2v) is 9.07. The molecule has 0 spiro atoms. The van der Waals surface area contributed by atoms with Gasteiger partial charge in [0.1, 0.15) is 18.4 Å². The summed E-state index contributed by atoms with van der Waals surface area (Å²) in [7, 11) is 0. The van der Waals surface area contributed by atoms with Crippen LogP contribution < -0.4 is 25.0 Å². The predicted molar refractivity (Wildman–Crippen MR) is 122 cm³/mol. The number of aromatic nitrogens is 1. The number of thiazole rings is 1. The largest absolute Gasteiger partial charge is 0.340 e. The van der Waals surface area contributed by atoms with Crippen LogP contribution in [0, 0.1) is 0 Å². The van der Waals surface area contributed by atoms with E-state index >= 15 is 0 Å². The molecular weight excluding hydrogens is 410 g/mol. The number of hydrogen-bond donors (Lipinski definition) is 1. The molecule has 1 amide bonds. The molecule has 1 fully saturated rings. The zero-order valence-corrected chi connectivity index (χ0v) is 18.0. The number of nitrogens with zero attached hydrogens (tertiary/aromatic N) is 2. The van der Waals surface area contributed by atoms with E-state index < -0.39 is 0 Å². The SMILES string of the molecule is CCCn1c(=C2SC(=S)NC2=O)sc(=C2C=Cc3ccccc3N2CC)c1=O. The standard InChI is InChI=1S/C20H19N3O2S3/c1-3-11-23-18(25)15(27-19(23)16-17(24)21-20(26)28-16)14-10-9-12-7-5-6-8-13(12)22(14)4-2/h5-10H,3-4,11H2,1-2H3,(H,21,24,26). The van der Waals surface area contributed by atoms with Crippen molar-refractivity contribution in [1.82, 2.24) is 9.88 Å². The van der Waals surface area contributed by atoms with Crippen molar-refractivity contribution < 1.29 is 4.79 Å². The molecule has 4 rings (SSSR count). The number of nitrogens with one attached hydrogen (secondary N) is 1. The van der Waals surface area contributed by atoms with Crippen molar-refractivity contribution in [1.29, 1.82) is 0 Å². The first-order valence-corrected chi connectivity index (χ1v) is 11.1. The average molecular weight is 430 g/mol. The van der Waals surface area contributed by atoms with Gasteiger partial charge >= 0.3 is 0 Å². The van der Waals surface area contributed by atoms with Gasteiger partial charge in [0.15, 0.2) is 0 Å². The molecule has 2 aromatic rings. The maximum absolute atomic E-state index is 13.3. The highest BCUT2D eigenvalue weighted by Crippen LogP contribution is 2.30. The van der Waals surface area contributed by atoms with E-state index in [0.29, 0.717) is 25.0 Å². The van der Waals surface area contributed by atoms with Crippen LogP contribution >= 0.6 is 35.3 Å². The summed E-state index contributed by atoms with van der Waals surface area (Å²) < 4.78 is 3.47. The molecule has 1 aromatic carbocycles. The van der Waals surface area contributed by atoms with E-state index in [1.807, 2.05) is 31.2 Å². The Morgan fingerprint density at radius 2 is 1.93 bits per heavy atom. The molecule has 1 aromatic heterocycles. The van der Waals surface area contributed by atoms with Crippen molar-refractivity contribution in [2.75, 3.05) is 11.4 Å². The number of benzene rings is 1. The summed E-state index contributed by atoms with van der Waals surface area (Å²) in [5.41, 5.74) is 3.03. The van der Waals surface area contributed by atoms with Crippen LogP contribution in [0.15, 0.2) is 35.1 Å². The lowest BCUT2D eigenvalue weighted by Gasteiger charge is -2.28. The summed E-state index contributed by atoms with van der Waals surface area (Å²) in [6.07, 6.45) is 4.84. The van der Waals surface area contributed by atoms with Gasteiger partial charge in [-0.15, -0.1) is 11.3 Å². The maximum Gasteiger partial charge on any atom is 0.271 e. The summed E-state index contributed by atoms with van der Waals surface area (Å²) in [5, 5.41) is 2.65. The molecule has 8 heteroatoms. The molecular formula is C20H19N3O2S3. The summed E-state index contributed by atoms with van der Waals surface area (Å²) >= 11 is 7.73. The molecule has 0 saturated carbocycles. The van der Waals surface area contributed by atoms with E-state index in [4.69, 9.17) is 12.2 Å². The number of rotatable bonds is 3. The third-order valence-corrected chi connectivity index (χ3v) is 7.19. The molecule has 3 heterocycles. The van der Waals surface area contributed by atoms with E-state index in [0.717, 1.165) is 29.9 Å². The Balaban J connectivity index is 2.04. The first-order valence-electron chi connectivity index (χ1n) is 9.11. The lowest BCUT2D eigenvalue weighted by atomic mass is 10.1. The van der Waals surface area contributed by atoms with Gasteiger partial charge in [-0.3, -0.25) is 14.2 Å². The van der Waals surface area contributed by atoms with Crippen LogP contribution in [0.5, 0.6) is 0 Å². The zero-order chi connectivity index (χ0) is 19.8. The molecule has 2 aliphatic heterocycles. The Bertz CT molecular complexity index is 1190. The van der Waals surface area contributed by atoms with Crippen LogP contribution in [-0.4, -0.2) is 21.3 Å². The minimum Gasteiger partial charge on any atom is -0.340 e. The molecule has 0 radical (unpaired) electrons. The Kier molecular flexibility index (Phi) is 5.27. The molecule has 1 N–H and O–H groups in total. The number of thiocarbonyl (C=S) groups is 1. The third-order valence-electron chi connectivity index (χ3n) is 4.63. The topological polar surface area (TPSA) is 54.3 Å². The fourth-order valence-electron chi connectivity index (χ4n) is 3.42. The van der Waals surface area contributed by atoms with Crippen LogP contribution in [0.25, 0.3) is 16.7 Å². The van der Waals surface area contributed by atoms with Crippen molar-refractivity contribution >= 4 is 67.9 Å². The smallest absolute Gasteiger partial charge is 0.271 e. The van der Waals surface area contributed by atoms with E-state index in [1.54, 1.807) is 4.57 Å². The number of carbonyl (C=O) groups is 1. The second kappa shape index (κ2) is 7.69. The summed E-state index contributed by atoms with van der Waals surface area (Å²) in [5.74, 6) is -0.227. The van der Waals surface area contributed by atoms with Gasteiger partial charge < -0.3 is 10.2 Å². The molecule has 0 aliphatic carbocycles. The van der Waals surface area contributed by atoms with Crippen molar-refractivity contribution in [3.05, 3.63) is 55.5 Å². The number of amides is 1. The minimum atomic E-state index is -0.227. The van der Waals surface area contributed by atoms with E-state index in [9.17, 15) is 9.59 Å². The lowest BCUT2D eigenvalue weighted by Crippen LogP contribution is -2.37. The highest BCUT2D eigenvalue weighted by Gasteiger charge is 2.26. The minimum absolute atomic E-state index is 0.0574. The molecule has 0 bridgehead atoms. The fourth-order valence-corrected chi connectivity index (χ4v) is 5.83. The van der Waals surface area contributed by atoms with Crippen molar-refractivity contribution in [3.8, 4) is 0 Å². The number of hydrogen-bond acceptors (Lipinski definition) is 6. The van der Waals surface area contributed by atoms with Gasteiger partial charge in [-0.1, -0.05) is 55.2 Å². The number of anilines is 1. The van der Waals surface area contributed by atoms with Crippen LogP contribution in [0.4, 0.5) is 5.69 Å². The first-order chi connectivity index (χ1) is 13.5. The summed E-state index contributed by atoms with van der Waals surface area (Å²) in [6, 6.07) is 8.14. The van der Waals surface area contributed by atoms with Gasteiger partial charge in [0, 0.05) is 18.8 Å². The van der Waals surface area contributed by atoms with Crippen LogP contribution in [0.3, 0.4) is 0 Å². The highest BCUT2D eigenvalue weighted by molar-refractivity contribution is 8.30. The van der Waals surface area contributed by atoms with E-state index in [1.165, 1.54) is 23.1 Å². The van der Waals surface area contributed by atoms with Gasteiger partial charge in [-0.05, 0) is 31.1 Å². The van der Waals surface area contributed by atoms with Gasteiger partial charge in [0.2, 0.25) is 0 Å². The quantitative estimate of drug-likeness (QED) is 0.759. The van der Waals surface area contributed by atoms with E-state index in [2.05, 4.69) is 29.3 Å². The number of likely N-dealkylation sites (N-methyl/N-ethyl adjacent to an activating group) is 1. The maximum atomic E-state index is 13.3. The number of fused-ring (bicyclic) bond motifs is 1. The number of carbonyl (C=O) groups excluding carboxylic acids is 1. The highest BCUT2D eigenvalue weighted by atomic mass is 32.2. The van der Waals surface area contributed by atoms with Gasteiger partial charge in [0.05, 0.1) is 5.70 Å². The van der Waals surface area contributed by atoms with E-state index in [-0.39, 0.29) is 11.5 Å².